The third kappa shape index (κ3) is 2.37. The SMILES string of the molecule is CCC(C)(CC)NC(=O)C1(C(N)=NO)CCC1. The lowest BCUT2D eigenvalue weighted by Crippen LogP contribution is -2.58. The minimum atomic E-state index is -0.777. The Morgan fingerprint density at radius 1 is 1.47 bits per heavy atom. The molecule has 98 valence electrons. The molecular weight excluding hydrogens is 218 g/mol. The highest BCUT2D eigenvalue weighted by Gasteiger charge is 2.49. The third-order valence-electron chi connectivity index (χ3n) is 4.22. The van der Waals surface area contributed by atoms with Crippen LogP contribution in [0.1, 0.15) is 52.9 Å². The van der Waals surface area contributed by atoms with Gasteiger partial charge in [0, 0.05) is 5.54 Å². The normalized spacial score (nSPS) is 19.6. The molecule has 0 spiro atoms. The summed E-state index contributed by atoms with van der Waals surface area (Å²) in [5.74, 6) is -0.0685. The highest BCUT2D eigenvalue weighted by atomic mass is 16.4. The quantitative estimate of drug-likeness (QED) is 0.296. The Hall–Kier alpha value is -1.26. The van der Waals surface area contributed by atoms with E-state index >= 15 is 0 Å². The summed E-state index contributed by atoms with van der Waals surface area (Å²) in [6, 6.07) is 0. The average molecular weight is 241 g/mol. The fourth-order valence-corrected chi connectivity index (χ4v) is 2.05. The molecule has 1 amide bonds. The summed E-state index contributed by atoms with van der Waals surface area (Å²) in [5.41, 5.74) is 4.66. The number of amides is 1. The van der Waals surface area contributed by atoms with Gasteiger partial charge in [0.05, 0.1) is 0 Å². The van der Waals surface area contributed by atoms with E-state index in [1.165, 1.54) is 0 Å². The third-order valence-corrected chi connectivity index (χ3v) is 4.22. The molecule has 0 aromatic heterocycles. The van der Waals surface area contributed by atoms with Crippen LogP contribution in [0.3, 0.4) is 0 Å². The zero-order chi connectivity index (χ0) is 13.1. The predicted octanol–water partition coefficient (Wildman–Crippen LogP) is 1.60. The highest BCUT2D eigenvalue weighted by Crippen LogP contribution is 2.42. The first-order valence-corrected chi connectivity index (χ1v) is 6.24. The molecule has 0 unspecified atom stereocenters. The lowest BCUT2D eigenvalue weighted by atomic mass is 9.66. The number of nitrogens with zero attached hydrogens (tertiary/aromatic N) is 1. The second-order valence-corrected chi connectivity index (χ2v) is 5.14. The first kappa shape index (κ1) is 13.8. The van der Waals surface area contributed by atoms with Gasteiger partial charge in [-0.15, -0.1) is 0 Å². The molecule has 0 atom stereocenters. The Morgan fingerprint density at radius 3 is 2.29 bits per heavy atom. The molecular formula is C12H23N3O2. The van der Waals surface area contributed by atoms with Crippen LogP contribution in [0.5, 0.6) is 0 Å². The van der Waals surface area contributed by atoms with Crippen LogP contribution in [0.2, 0.25) is 0 Å². The largest absolute Gasteiger partial charge is 0.409 e. The van der Waals surface area contributed by atoms with Crippen molar-refractivity contribution in [2.45, 2.75) is 58.4 Å². The molecule has 1 saturated carbocycles. The van der Waals surface area contributed by atoms with E-state index < -0.39 is 5.41 Å². The number of rotatable bonds is 5. The summed E-state index contributed by atoms with van der Waals surface area (Å²) >= 11 is 0. The van der Waals surface area contributed by atoms with Crippen LogP contribution in [0, 0.1) is 5.41 Å². The van der Waals surface area contributed by atoms with Crippen LogP contribution in [-0.2, 0) is 4.79 Å². The summed E-state index contributed by atoms with van der Waals surface area (Å²) < 4.78 is 0. The molecule has 4 N–H and O–H groups in total. The molecule has 0 aromatic carbocycles. The van der Waals surface area contributed by atoms with E-state index in [0.717, 1.165) is 19.3 Å². The molecule has 5 heteroatoms. The maximum absolute atomic E-state index is 12.3. The van der Waals surface area contributed by atoms with Crippen molar-refractivity contribution in [3.63, 3.8) is 0 Å². The van der Waals surface area contributed by atoms with Gasteiger partial charge >= 0.3 is 0 Å². The Bertz CT molecular complexity index is 318. The second-order valence-electron chi connectivity index (χ2n) is 5.14. The second kappa shape index (κ2) is 4.94. The molecule has 0 heterocycles. The number of amidine groups is 1. The lowest BCUT2D eigenvalue weighted by Gasteiger charge is -2.41. The van der Waals surface area contributed by atoms with Crippen LogP contribution in [0.4, 0.5) is 0 Å². The lowest BCUT2D eigenvalue weighted by molar-refractivity contribution is -0.133. The molecule has 1 aliphatic carbocycles. The van der Waals surface area contributed by atoms with Gasteiger partial charge in [-0.25, -0.2) is 0 Å². The molecule has 17 heavy (non-hydrogen) atoms. The summed E-state index contributed by atoms with van der Waals surface area (Å²) in [6.45, 7) is 6.10. The van der Waals surface area contributed by atoms with Gasteiger partial charge in [-0.2, -0.15) is 0 Å². The topological polar surface area (TPSA) is 87.7 Å². The fraction of sp³-hybridized carbons (Fsp3) is 0.833. The smallest absolute Gasteiger partial charge is 0.234 e. The monoisotopic (exact) mass is 241 g/mol. The molecule has 1 fully saturated rings. The van der Waals surface area contributed by atoms with E-state index in [9.17, 15) is 4.79 Å². The van der Waals surface area contributed by atoms with Crippen LogP contribution >= 0.6 is 0 Å². The van der Waals surface area contributed by atoms with Crippen molar-refractivity contribution >= 4 is 11.7 Å². The van der Waals surface area contributed by atoms with Gasteiger partial charge < -0.3 is 16.3 Å². The molecule has 5 nitrogen and oxygen atoms in total. The summed E-state index contributed by atoms with van der Waals surface area (Å²) in [6.07, 6.45) is 4.00. The van der Waals surface area contributed by atoms with E-state index in [2.05, 4.69) is 10.5 Å². The Balaban J connectivity index is 2.82. The zero-order valence-electron chi connectivity index (χ0n) is 10.9. The Kier molecular flexibility index (Phi) is 4.01. The zero-order valence-corrected chi connectivity index (χ0v) is 10.9. The van der Waals surface area contributed by atoms with Crippen molar-refractivity contribution in [1.82, 2.24) is 5.32 Å². The van der Waals surface area contributed by atoms with Crippen molar-refractivity contribution in [1.29, 1.82) is 0 Å². The first-order valence-electron chi connectivity index (χ1n) is 6.24. The number of carbonyl (C=O) groups is 1. The van der Waals surface area contributed by atoms with E-state index in [1.807, 2.05) is 20.8 Å². The van der Waals surface area contributed by atoms with Crippen molar-refractivity contribution in [2.24, 2.45) is 16.3 Å². The number of hydrogen-bond acceptors (Lipinski definition) is 3. The van der Waals surface area contributed by atoms with Crippen molar-refractivity contribution in [3.05, 3.63) is 0 Å². The molecule has 0 aromatic rings. The molecule has 0 radical (unpaired) electrons. The molecule has 0 saturated heterocycles. The van der Waals surface area contributed by atoms with E-state index in [4.69, 9.17) is 10.9 Å². The summed E-state index contributed by atoms with van der Waals surface area (Å²) in [7, 11) is 0. The van der Waals surface area contributed by atoms with Crippen LogP contribution in [0.25, 0.3) is 0 Å². The minimum absolute atomic E-state index is 0.0378. The van der Waals surface area contributed by atoms with Crippen LogP contribution < -0.4 is 11.1 Å². The van der Waals surface area contributed by atoms with Gasteiger partial charge in [0.2, 0.25) is 5.91 Å². The van der Waals surface area contributed by atoms with Gasteiger partial charge in [0.25, 0.3) is 0 Å². The number of hydrogen-bond donors (Lipinski definition) is 3. The van der Waals surface area contributed by atoms with Gasteiger partial charge in [-0.1, -0.05) is 25.4 Å². The Labute approximate surface area is 102 Å². The Morgan fingerprint density at radius 2 is 2.00 bits per heavy atom. The maximum Gasteiger partial charge on any atom is 0.234 e. The van der Waals surface area contributed by atoms with E-state index in [1.54, 1.807) is 0 Å². The average Bonchev–Trinajstić information content (AvgIpc) is 2.27. The number of nitrogens with one attached hydrogen (secondary N) is 1. The van der Waals surface area contributed by atoms with Crippen LogP contribution in [-0.4, -0.2) is 22.5 Å². The van der Waals surface area contributed by atoms with Gasteiger partial charge in [0.1, 0.15) is 5.41 Å². The van der Waals surface area contributed by atoms with Crippen molar-refractivity contribution in [2.75, 3.05) is 0 Å². The summed E-state index contributed by atoms with van der Waals surface area (Å²) in [5, 5.41) is 14.8. The van der Waals surface area contributed by atoms with Gasteiger partial charge in [0.15, 0.2) is 5.84 Å². The fourth-order valence-electron chi connectivity index (χ4n) is 2.05. The highest BCUT2D eigenvalue weighted by molar-refractivity contribution is 6.07. The number of nitrogens with two attached hydrogens (primary N) is 1. The van der Waals surface area contributed by atoms with Crippen LogP contribution in [0.15, 0.2) is 5.16 Å². The molecule has 0 bridgehead atoms. The van der Waals surface area contributed by atoms with E-state index in [0.29, 0.717) is 12.8 Å². The number of carbonyl (C=O) groups excluding carboxylic acids is 1. The summed E-state index contributed by atoms with van der Waals surface area (Å²) in [4.78, 5) is 12.3. The molecule has 1 rings (SSSR count). The molecule has 0 aliphatic heterocycles. The van der Waals surface area contributed by atoms with Crippen molar-refractivity contribution < 1.29 is 10.0 Å². The van der Waals surface area contributed by atoms with Gasteiger partial charge in [-0.3, -0.25) is 4.79 Å². The van der Waals surface area contributed by atoms with Gasteiger partial charge in [-0.05, 0) is 32.6 Å². The maximum atomic E-state index is 12.3. The number of oxime groups is 1. The molecule has 1 aliphatic rings. The minimum Gasteiger partial charge on any atom is -0.409 e. The van der Waals surface area contributed by atoms with E-state index in [-0.39, 0.29) is 17.3 Å². The standard InChI is InChI=1S/C12H23N3O2/c1-4-11(3,5-2)14-10(16)12(7-6-8-12)9(13)15-17/h17H,4-8H2,1-3H3,(H2,13,15)(H,14,16). The predicted molar refractivity (Wildman–Crippen MR) is 66.8 cm³/mol. The van der Waals surface area contributed by atoms with Crippen molar-refractivity contribution in [3.8, 4) is 0 Å². The first-order chi connectivity index (χ1) is 7.94.